The van der Waals surface area contributed by atoms with Crippen LogP contribution in [0, 0.1) is 5.92 Å². The van der Waals surface area contributed by atoms with Crippen LogP contribution >= 0.6 is 0 Å². The first-order valence-electron chi connectivity index (χ1n) is 9.55. The molecular formula is C22H25NO4. The van der Waals surface area contributed by atoms with Crippen LogP contribution in [0.2, 0.25) is 0 Å². The maximum absolute atomic E-state index is 12.9. The number of ether oxygens (including phenoxy) is 2. The van der Waals surface area contributed by atoms with Crippen molar-refractivity contribution >= 4 is 11.6 Å². The minimum Gasteiger partial charge on any atom is -0.493 e. The van der Waals surface area contributed by atoms with E-state index in [0.29, 0.717) is 36.1 Å². The first-order chi connectivity index (χ1) is 13.2. The number of anilines is 1. The van der Waals surface area contributed by atoms with Gasteiger partial charge < -0.3 is 19.5 Å². The molecule has 1 heterocycles. The predicted octanol–water partition coefficient (Wildman–Crippen LogP) is 3.92. The molecular weight excluding hydrogens is 342 g/mol. The molecule has 0 aromatic heterocycles. The molecule has 1 fully saturated rings. The van der Waals surface area contributed by atoms with Crippen LogP contribution in [0.1, 0.15) is 47.2 Å². The van der Waals surface area contributed by atoms with Crippen LogP contribution in [0.5, 0.6) is 11.5 Å². The average molecular weight is 367 g/mol. The molecule has 5 heteroatoms. The van der Waals surface area contributed by atoms with E-state index in [1.54, 1.807) is 18.1 Å². The summed E-state index contributed by atoms with van der Waals surface area (Å²) in [6.45, 7) is 1.14. The van der Waals surface area contributed by atoms with Crippen LogP contribution in [0.15, 0.2) is 36.4 Å². The number of nitrogens with zero attached hydrogens (tertiary/aromatic N) is 1. The van der Waals surface area contributed by atoms with E-state index in [0.717, 1.165) is 16.8 Å². The number of fused-ring (bicyclic) bond motifs is 1. The summed E-state index contributed by atoms with van der Waals surface area (Å²) in [6.07, 6.45) is 4.99. The predicted molar refractivity (Wildman–Crippen MR) is 103 cm³/mol. The summed E-state index contributed by atoms with van der Waals surface area (Å²) >= 11 is 0. The normalized spacial score (nSPS) is 16.7. The Morgan fingerprint density at radius 2 is 1.93 bits per heavy atom. The van der Waals surface area contributed by atoms with E-state index in [-0.39, 0.29) is 12.5 Å². The van der Waals surface area contributed by atoms with Crippen molar-refractivity contribution in [3.63, 3.8) is 0 Å². The van der Waals surface area contributed by atoms with Crippen LogP contribution in [0.25, 0.3) is 0 Å². The molecule has 5 nitrogen and oxygen atoms in total. The lowest BCUT2D eigenvalue weighted by molar-refractivity contribution is 0.0996. The molecule has 1 aliphatic heterocycles. The summed E-state index contributed by atoms with van der Waals surface area (Å²) in [7, 11) is 1.63. The number of methoxy groups -OCH3 is 1. The zero-order valence-electron chi connectivity index (χ0n) is 15.6. The Balaban J connectivity index is 1.56. The van der Waals surface area contributed by atoms with E-state index in [9.17, 15) is 9.90 Å². The number of amides is 1. The van der Waals surface area contributed by atoms with E-state index < -0.39 is 0 Å². The number of hydrogen-bond acceptors (Lipinski definition) is 4. The molecule has 0 unspecified atom stereocenters. The van der Waals surface area contributed by atoms with E-state index in [1.165, 1.54) is 25.7 Å². The lowest BCUT2D eigenvalue weighted by atomic mass is 10.1. The van der Waals surface area contributed by atoms with Gasteiger partial charge in [0.15, 0.2) is 11.5 Å². The number of aliphatic hydroxyl groups is 1. The van der Waals surface area contributed by atoms with Crippen molar-refractivity contribution in [2.75, 3.05) is 18.6 Å². The van der Waals surface area contributed by atoms with E-state index in [2.05, 4.69) is 0 Å². The number of benzene rings is 2. The third-order valence-electron chi connectivity index (χ3n) is 5.57. The summed E-state index contributed by atoms with van der Waals surface area (Å²) in [5.41, 5.74) is 3.18. The van der Waals surface area contributed by atoms with Crippen molar-refractivity contribution in [3.05, 3.63) is 53.1 Å². The molecule has 4 rings (SSSR count). The smallest absolute Gasteiger partial charge is 0.258 e. The van der Waals surface area contributed by atoms with Gasteiger partial charge in [-0.05, 0) is 48.1 Å². The topological polar surface area (TPSA) is 59.0 Å². The molecule has 2 aromatic carbocycles. The second-order valence-electron chi connectivity index (χ2n) is 7.34. The molecule has 0 atom stereocenters. The second-order valence-corrected chi connectivity index (χ2v) is 7.34. The summed E-state index contributed by atoms with van der Waals surface area (Å²) in [5, 5.41) is 9.33. The van der Waals surface area contributed by atoms with Gasteiger partial charge in [0, 0.05) is 17.3 Å². The van der Waals surface area contributed by atoms with Gasteiger partial charge in [-0.1, -0.05) is 25.0 Å². The SMILES string of the molecule is COc1ccc(N2Cc3ccc(CO)cc3C2=O)cc1OCC1CCCC1. The number of hydrogen-bond donors (Lipinski definition) is 1. The molecule has 0 radical (unpaired) electrons. The van der Waals surface area contributed by atoms with Gasteiger partial charge >= 0.3 is 0 Å². The minimum absolute atomic E-state index is 0.0489. The third kappa shape index (κ3) is 3.52. The van der Waals surface area contributed by atoms with Crippen molar-refractivity contribution in [3.8, 4) is 11.5 Å². The van der Waals surface area contributed by atoms with Crippen molar-refractivity contribution < 1.29 is 19.4 Å². The second kappa shape index (κ2) is 7.61. The van der Waals surface area contributed by atoms with Crippen LogP contribution in [-0.4, -0.2) is 24.7 Å². The molecule has 27 heavy (non-hydrogen) atoms. The fraction of sp³-hybridized carbons (Fsp3) is 0.409. The molecule has 2 aliphatic rings. The number of carbonyl (C=O) groups is 1. The van der Waals surface area contributed by atoms with Crippen LogP contribution in [0.4, 0.5) is 5.69 Å². The van der Waals surface area contributed by atoms with Gasteiger partial charge in [0.25, 0.3) is 5.91 Å². The van der Waals surface area contributed by atoms with Crippen molar-refractivity contribution in [2.24, 2.45) is 5.92 Å². The largest absolute Gasteiger partial charge is 0.493 e. The van der Waals surface area contributed by atoms with Crippen molar-refractivity contribution in [1.82, 2.24) is 0 Å². The highest BCUT2D eigenvalue weighted by atomic mass is 16.5. The first-order valence-corrected chi connectivity index (χ1v) is 9.55. The molecule has 1 aliphatic carbocycles. The van der Waals surface area contributed by atoms with Crippen LogP contribution in [-0.2, 0) is 13.2 Å². The highest BCUT2D eigenvalue weighted by Gasteiger charge is 2.29. The van der Waals surface area contributed by atoms with Gasteiger partial charge in [-0.3, -0.25) is 4.79 Å². The fourth-order valence-electron chi connectivity index (χ4n) is 3.99. The summed E-state index contributed by atoms with van der Waals surface area (Å²) in [6, 6.07) is 11.2. The van der Waals surface area contributed by atoms with Gasteiger partial charge in [0.1, 0.15) is 0 Å². The number of rotatable bonds is 6. The molecule has 0 saturated heterocycles. The third-order valence-corrected chi connectivity index (χ3v) is 5.57. The Hall–Kier alpha value is -2.53. The minimum atomic E-state index is -0.0672. The maximum Gasteiger partial charge on any atom is 0.258 e. The number of aliphatic hydroxyl groups excluding tert-OH is 1. The van der Waals surface area contributed by atoms with Gasteiger partial charge in [-0.15, -0.1) is 0 Å². The van der Waals surface area contributed by atoms with Crippen molar-refractivity contribution in [2.45, 2.75) is 38.8 Å². The molecule has 142 valence electrons. The summed E-state index contributed by atoms with van der Waals surface area (Å²) in [5.74, 6) is 1.92. The van der Waals surface area contributed by atoms with E-state index in [1.807, 2.05) is 30.3 Å². The van der Waals surface area contributed by atoms with Gasteiger partial charge in [-0.25, -0.2) is 0 Å². The lowest BCUT2D eigenvalue weighted by Crippen LogP contribution is -2.23. The van der Waals surface area contributed by atoms with E-state index >= 15 is 0 Å². The molecule has 0 spiro atoms. The molecule has 1 N–H and O–H groups in total. The Labute approximate surface area is 159 Å². The summed E-state index contributed by atoms with van der Waals surface area (Å²) < 4.78 is 11.5. The van der Waals surface area contributed by atoms with Crippen LogP contribution in [0.3, 0.4) is 0 Å². The van der Waals surface area contributed by atoms with Gasteiger partial charge in [0.2, 0.25) is 0 Å². The van der Waals surface area contributed by atoms with E-state index in [4.69, 9.17) is 9.47 Å². The zero-order valence-corrected chi connectivity index (χ0v) is 15.6. The Morgan fingerprint density at radius 3 is 2.67 bits per heavy atom. The highest BCUT2D eigenvalue weighted by Crippen LogP contribution is 2.36. The van der Waals surface area contributed by atoms with Gasteiger partial charge in [-0.2, -0.15) is 0 Å². The first kappa shape index (κ1) is 17.9. The number of carbonyl (C=O) groups excluding carboxylic acids is 1. The van der Waals surface area contributed by atoms with Crippen molar-refractivity contribution in [1.29, 1.82) is 0 Å². The summed E-state index contributed by atoms with van der Waals surface area (Å²) in [4.78, 5) is 14.6. The maximum atomic E-state index is 12.9. The fourth-order valence-corrected chi connectivity index (χ4v) is 3.99. The van der Waals surface area contributed by atoms with Crippen LogP contribution < -0.4 is 14.4 Å². The molecule has 1 saturated carbocycles. The Kier molecular flexibility index (Phi) is 5.03. The standard InChI is InChI=1S/C22H25NO4/c1-26-20-9-8-18(11-21(20)27-14-15-4-2-3-5-15)23-12-17-7-6-16(13-24)10-19(17)22(23)25/h6-11,15,24H,2-5,12-14H2,1H3. The highest BCUT2D eigenvalue weighted by molar-refractivity contribution is 6.10. The quantitative estimate of drug-likeness (QED) is 0.841. The lowest BCUT2D eigenvalue weighted by Gasteiger charge is -2.19. The molecule has 2 aromatic rings. The molecule has 1 amide bonds. The Morgan fingerprint density at radius 1 is 1.11 bits per heavy atom. The Bertz CT molecular complexity index is 842. The average Bonchev–Trinajstić information content (AvgIpc) is 3.34. The molecule has 0 bridgehead atoms. The van der Waals surface area contributed by atoms with Gasteiger partial charge in [0.05, 0.1) is 26.9 Å². The monoisotopic (exact) mass is 367 g/mol. The zero-order chi connectivity index (χ0) is 18.8.